The number of nitrogens with one attached hydrogen (secondary N) is 1. The molecule has 3 rings (SSSR count). The molecule has 0 atom stereocenters. The van der Waals surface area contributed by atoms with Gasteiger partial charge in [0.2, 0.25) is 15.9 Å². The van der Waals surface area contributed by atoms with E-state index in [1.54, 1.807) is 13.8 Å². The molecular formula is C16H26N4O4S. The van der Waals surface area contributed by atoms with Crippen LogP contribution in [0, 0.1) is 19.8 Å². The van der Waals surface area contributed by atoms with Crippen molar-refractivity contribution in [2.24, 2.45) is 5.92 Å². The van der Waals surface area contributed by atoms with Crippen LogP contribution < -0.4 is 0 Å². The second-order valence-corrected chi connectivity index (χ2v) is 8.61. The third-order valence-corrected chi connectivity index (χ3v) is 7.16. The van der Waals surface area contributed by atoms with Crippen LogP contribution in [0.3, 0.4) is 0 Å². The predicted octanol–water partition coefficient (Wildman–Crippen LogP) is 0.676. The first-order valence-corrected chi connectivity index (χ1v) is 10.2. The predicted molar refractivity (Wildman–Crippen MR) is 91.6 cm³/mol. The molecule has 0 saturated carbocycles. The van der Waals surface area contributed by atoms with Crippen LogP contribution in [-0.2, 0) is 19.6 Å². The van der Waals surface area contributed by atoms with Gasteiger partial charge < -0.3 is 9.64 Å². The minimum absolute atomic E-state index is 0.00951. The maximum Gasteiger partial charge on any atom is 0.246 e. The summed E-state index contributed by atoms with van der Waals surface area (Å²) in [6, 6.07) is 0. The third-order valence-electron chi connectivity index (χ3n) is 5.00. The molecule has 8 nitrogen and oxygen atoms in total. The highest BCUT2D eigenvalue weighted by molar-refractivity contribution is 7.89. The van der Waals surface area contributed by atoms with E-state index in [4.69, 9.17) is 4.74 Å². The van der Waals surface area contributed by atoms with Crippen molar-refractivity contribution in [3.05, 3.63) is 11.4 Å². The average molecular weight is 370 g/mol. The van der Waals surface area contributed by atoms with Crippen LogP contribution in [0.25, 0.3) is 0 Å². The summed E-state index contributed by atoms with van der Waals surface area (Å²) >= 11 is 0. The Hall–Kier alpha value is -1.45. The van der Waals surface area contributed by atoms with Crippen LogP contribution in [0.15, 0.2) is 4.90 Å². The Morgan fingerprint density at radius 2 is 1.88 bits per heavy atom. The molecule has 3 heterocycles. The molecule has 2 fully saturated rings. The number of hydrogen-bond donors (Lipinski definition) is 1. The lowest BCUT2D eigenvalue weighted by Crippen LogP contribution is -2.41. The van der Waals surface area contributed by atoms with Crippen molar-refractivity contribution in [1.82, 2.24) is 19.4 Å². The molecule has 9 heteroatoms. The van der Waals surface area contributed by atoms with E-state index in [1.807, 2.05) is 4.90 Å². The van der Waals surface area contributed by atoms with E-state index in [9.17, 15) is 13.2 Å². The van der Waals surface area contributed by atoms with E-state index in [2.05, 4.69) is 10.2 Å². The second kappa shape index (κ2) is 7.43. The molecule has 1 amide bonds. The molecule has 140 valence electrons. The fraction of sp³-hybridized carbons (Fsp3) is 0.750. The van der Waals surface area contributed by atoms with Gasteiger partial charge in [0.15, 0.2) is 0 Å². The van der Waals surface area contributed by atoms with Crippen molar-refractivity contribution >= 4 is 15.9 Å². The molecule has 1 aromatic rings. The lowest BCUT2D eigenvalue weighted by atomic mass is 9.98. The molecule has 2 saturated heterocycles. The minimum atomic E-state index is -3.60. The van der Waals surface area contributed by atoms with Gasteiger partial charge in [-0.15, -0.1) is 0 Å². The number of aryl methyl sites for hydroxylation is 2. The zero-order valence-electron chi connectivity index (χ0n) is 14.8. The quantitative estimate of drug-likeness (QED) is 0.844. The summed E-state index contributed by atoms with van der Waals surface area (Å²) in [6.07, 6.45) is 2.15. The monoisotopic (exact) mass is 370 g/mol. The van der Waals surface area contributed by atoms with Crippen LogP contribution in [0.1, 0.15) is 30.7 Å². The highest BCUT2D eigenvalue weighted by Gasteiger charge is 2.33. The fourth-order valence-electron chi connectivity index (χ4n) is 3.61. The average Bonchev–Trinajstić information content (AvgIpc) is 2.81. The van der Waals surface area contributed by atoms with Crippen molar-refractivity contribution in [3.63, 3.8) is 0 Å². The van der Waals surface area contributed by atoms with Crippen molar-refractivity contribution in [3.8, 4) is 0 Å². The Labute approximate surface area is 148 Å². The number of amides is 1. The number of ether oxygens (including phenoxy) is 1. The van der Waals surface area contributed by atoms with Crippen LogP contribution in [0.2, 0.25) is 0 Å². The minimum Gasteiger partial charge on any atom is -0.381 e. The summed E-state index contributed by atoms with van der Waals surface area (Å²) in [4.78, 5) is 14.8. The van der Waals surface area contributed by atoms with E-state index in [0.717, 1.165) is 12.8 Å². The van der Waals surface area contributed by atoms with Gasteiger partial charge in [-0.3, -0.25) is 9.89 Å². The first-order chi connectivity index (χ1) is 11.9. The van der Waals surface area contributed by atoms with E-state index in [-0.39, 0.29) is 16.7 Å². The molecular weight excluding hydrogens is 344 g/mol. The zero-order chi connectivity index (χ0) is 18.0. The summed E-state index contributed by atoms with van der Waals surface area (Å²) in [6.45, 7) is 6.44. The second-order valence-electron chi connectivity index (χ2n) is 6.73. The van der Waals surface area contributed by atoms with Gasteiger partial charge in [0, 0.05) is 45.3 Å². The van der Waals surface area contributed by atoms with Crippen molar-refractivity contribution < 1.29 is 17.9 Å². The molecule has 0 spiro atoms. The van der Waals surface area contributed by atoms with Gasteiger partial charge in [-0.2, -0.15) is 9.40 Å². The number of nitrogens with zero attached hydrogens (tertiary/aromatic N) is 3. The topological polar surface area (TPSA) is 95.6 Å². The number of rotatable bonds is 3. The van der Waals surface area contributed by atoms with E-state index < -0.39 is 10.0 Å². The van der Waals surface area contributed by atoms with E-state index >= 15 is 0 Å². The van der Waals surface area contributed by atoms with Crippen LogP contribution in [0.5, 0.6) is 0 Å². The van der Waals surface area contributed by atoms with Crippen LogP contribution >= 0.6 is 0 Å². The highest BCUT2D eigenvalue weighted by atomic mass is 32.2. The van der Waals surface area contributed by atoms with Crippen molar-refractivity contribution in [2.75, 3.05) is 39.4 Å². The largest absolute Gasteiger partial charge is 0.381 e. The molecule has 0 aliphatic carbocycles. The Kier molecular flexibility index (Phi) is 5.45. The Balaban J connectivity index is 1.70. The molecule has 1 aromatic heterocycles. The number of aromatic nitrogens is 2. The number of aromatic amines is 1. The molecule has 2 aliphatic heterocycles. The number of sulfonamides is 1. The summed E-state index contributed by atoms with van der Waals surface area (Å²) in [5, 5.41) is 6.73. The third kappa shape index (κ3) is 3.73. The van der Waals surface area contributed by atoms with Gasteiger partial charge in [0.1, 0.15) is 4.90 Å². The highest BCUT2D eigenvalue weighted by Crippen LogP contribution is 2.24. The standard InChI is InChI=1S/C16H26N4O4S/c1-12-15(13(2)18-17-12)25(22,23)20-7-3-6-19(8-9-20)16(21)14-4-10-24-11-5-14/h14H,3-11H2,1-2H3,(H,17,18). The maximum atomic E-state index is 13.0. The first-order valence-electron chi connectivity index (χ1n) is 8.79. The molecule has 2 aliphatic rings. The first kappa shape index (κ1) is 18.3. The van der Waals surface area contributed by atoms with Crippen molar-refractivity contribution in [2.45, 2.75) is 38.0 Å². The summed E-state index contributed by atoms with van der Waals surface area (Å²) in [7, 11) is -3.60. The van der Waals surface area contributed by atoms with Gasteiger partial charge in [-0.05, 0) is 33.1 Å². The molecule has 0 unspecified atom stereocenters. The Bertz CT molecular complexity index is 705. The van der Waals surface area contributed by atoms with Crippen LogP contribution in [-0.4, -0.2) is 73.1 Å². The van der Waals surface area contributed by atoms with Crippen LogP contribution in [0.4, 0.5) is 0 Å². The number of H-pyrrole nitrogens is 1. The smallest absolute Gasteiger partial charge is 0.246 e. The van der Waals surface area contributed by atoms with Gasteiger partial charge in [0.25, 0.3) is 0 Å². The van der Waals surface area contributed by atoms with E-state index in [1.165, 1.54) is 4.31 Å². The van der Waals surface area contributed by atoms with Gasteiger partial charge in [-0.1, -0.05) is 0 Å². The lowest BCUT2D eigenvalue weighted by molar-refractivity contribution is -0.138. The molecule has 1 N–H and O–H groups in total. The SMILES string of the molecule is Cc1n[nH]c(C)c1S(=O)(=O)N1CCCN(C(=O)C2CCOCC2)CC1. The number of carbonyl (C=O) groups excluding carboxylic acids is 1. The van der Waals surface area contributed by atoms with Gasteiger partial charge in [0.05, 0.1) is 11.4 Å². The summed E-state index contributed by atoms with van der Waals surface area (Å²) < 4.78 is 32.7. The van der Waals surface area contributed by atoms with Gasteiger partial charge >= 0.3 is 0 Å². The maximum absolute atomic E-state index is 13.0. The molecule has 0 aromatic carbocycles. The Morgan fingerprint density at radius 1 is 1.16 bits per heavy atom. The zero-order valence-corrected chi connectivity index (χ0v) is 15.6. The van der Waals surface area contributed by atoms with Crippen molar-refractivity contribution in [1.29, 1.82) is 0 Å². The molecule has 0 bridgehead atoms. The van der Waals surface area contributed by atoms with Gasteiger partial charge in [-0.25, -0.2) is 8.42 Å². The fourth-order valence-corrected chi connectivity index (χ4v) is 5.41. The lowest BCUT2D eigenvalue weighted by Gasteiger charge is -2.28. The summed E-state index contributed by atoms with van der Waals surface area (Å²) in [5.41, 5.74) is 1.04. The Morgan fingerprint density at radius 3 is 2.52 bits per heavy atom. The number of hydrogen-bond acceptors (Lipinski definition) is 5. The normalized spacial score (nSPS) is 21.3. The van der Waals surface area contributed by atoms with E-state index in [0.29, 0.717) is 57.2 Å². The summed E-state index contributed by atoms with van der Waals surface area (Å²) in [5.74, 6) is 0.147. The molecule has 0 radical (unpaired) electrons. The number of carbonyl (C=O) groups is 1. The molecule has 25 heavy (non-hydrogen) atoms.